The highest BCUT2D eigenvalue weighted by Gasteiger charge is 2.16. The third-order valence-electron chi connectivity index (χ3n) is 4.07. The number of nitrogens with zero attached hydrogens (tertiary/aromatic N) is 1. The molecule has 1 aromatic rings. The minimum atomic E-state index is 0.0542. The molecule has 0 radical (unpaired) electrons. The lowest BCUT2D eigenvalue weighted by molar-refractivity contribution is -0.119. The number of rotatable bonds is 5. The summed E-state index contributed by atoms with van der Waals surface area (Å²) < 4.78 is 0. The number of hydrogen-bond donors (Lipinski definition) is 2. The van der Waals surface area contributed by atoms with E-state index in [9.17, 15) is 4.79 Å². The average molecular weight is 275 g/mol. The van der Waals surface area contributed by atoms with Gasteiger partial charge in [-0.2, -0.15) is 0 Å². The molecule has 1 aromatic carbocycles. The number of likely N-dealkylation sites (tertiary alicyclic amines) is 1. The highest BCUT2D eigenvalue weighted by molar-refractivity contribution is 5.80. The number of anilines is 1. The van der Waals surface area contributed by atoms with E-state index in [2.05, 4.69) is 28.6 Å². The monoisotopic (exact) mass is 275 g/mol. The molecule has 0 saturated carbocycles. The van der Waals surface area contributed by atoms with Crippen molar-refractivity contribution in [1.82, 2.24) is 10.2 Å². The molecule has 0 spiro atoms. The Kier molecular flexibility index (Phi) is 5.41. The SMILES string of the molecule is CNC(=O)Cc1ccccc1NCC1CCN(C)CC1. The van der Waals surface area contributed by atoms with Crippen LogP contribution < -0.4 is 10.6 Å². The molecular weight excluding hydrogens is 250 g/mol. The Balaban J connectivity index is 1.90. The maximum atomic E-state index is 11.5. The van der Waals surface area contributed by atoms with Crippen LogP contribution in [-0.4, -0.2) is 44.5 Å². The van der Waals surface area contributed by atoms with Gasteiger partial charge in [0.05, 0.1) is 6.42 Å². The van der Waals surface area contributed by atoms with Crippen molar-refractivity contribution in [3.05, 3.63) is 29.8 Å². The van der Waals surface area contributed by atoms with Gasteiger partial charge < -0.3 is 15.5 Å². The summed E-state index contributed by atoms with van der Waals surface area (Å²) in [5.74, 6) is 0.790. The number of para-hydroxylation sites is 1. The Labute approximate surface area is 121 Å². The second kappa shape index (κ2) is 7.29. The predicted octanol–water partition coefficient (Wildman–Crippen LogP) is 1.73. The Bertz CT molecular complexity index is 439. The van der Waals surface area contributed by atoms with Crippen molar-refractivity contribution in [2.24, 2.45) is 5.92 Å². The van der Waals surface area contributed by atoms with Crippen LogP contribution in [-0.2, 0) is 11.2 Å². The number of piperidine rings is 1. The van der Waals surface area contributed by atoms with Gasteiger partial charge in [-0.25, -0.2) is 0 Å². The van der Waals surface area contributed by atoms with Crippen molar-refractivity contribution in [2.75, 3.05) is 39.0 Å². The van der Waals surface area contributed by atoms with E-state index in [1.807, 2.05) is 18.2 Å². The normalized spacial score (nSPS) is 16.9. The first-order valence-corrected chi connectivity index (χ1v) is 7.40. The fourth-order valence-electron chi connectivity index (χ4n) is 2.63. The molecule has 2 rings (SSSR count). The van der Waals surface area contributed by atoms with E-state index >= 15 is 0 Å². The van der Waals surface area contributed by atoms with Gasteiger partial charge in [-0.3, -0.25) is 4.79 Å². The molecule has 2 N–H and O–H groups in total. The predicted molar refractivity (Wildman–Crippen MR) is 82.9 cm³/mol. The lowest BCUT2D eigenvalue weighted by atomic mass is 9.97. The first-order chi connectivity index (χ1) is 9.69. The summed E-state index contributed by atoms with van der Waals surface area (Å²) >= 11 is 0. The summed E-state index contributed by atoms with van der Waals surface area (Å²) in [4.78, 5) is 13.9. The molecule has 0 aromatic heterocycles. The van der Waals surface area contributed by atoms with E-state index in [-0.39, 0.29) is 5.91 Å². The van der Waals surface area contributed by atoms with Gasteiger partial charge in [0.25, 0.3) is 0 Å². The molecule has 0 unspecified atom stereocenters. The lowest BCUT2D eigenvalue weighted by Crippen LogP contribution is -2.33. The summed E-state index contributed by atoms with van der Waals surface area (Å²) in [5.41, 5.74) is 2.16. The van der Waals surface area contributed by atoms with Crippen LogP contribution in [0, 0.1) is 5.92 Å². The summed E-state index contributed by atoms with van der Waals surface area (Å²) in [6.45, 7) is 3.37. The molecule has 1 saturated heterocycles. The number of hydrogen-bond acceptors (Lipinski definition) is 3. The van der Waals surface area contributed by atoms with Gasteiger partial charge in [0.15, 0.2) is 0 Å². The van der Waals surface area contributed by atoms with E-state index in [4.69, 9.17) is 0 Å². The Morgan fingerprint density at radius 1 is 1.30 bits per heavy atom. The largest absolute Gasteiger partial charge is 0.385 e. The van der Waals surface area contributed by atoms with E-state index < -0.39 is 0 Å². The molecule has 0 bridgehead atoms. The average Bonchev–Trinajstić information content (AvgIpc) is 2.48. The Hall–Kier alpha value is -1.55. The van der Waals surface area contributed by atoms with Gasteiger partial charge in [0.2, 0.25) is 5.91 Å². The molecule has 4 nitrogen and oxygen atoms in total. The van der Waals surface area contributed by atoms with Crippen LogP contribution in [0.3, 0.4) is 0 Å². The summed E-state index contributed by atoms with van der Waals surface area (Å²) in [5, 5.41) is 6.21. The molecule has 4 heteroatoms. The molecule has 0 atom stereocenters. The standard InChI is InChI=1S/C16H25N3O/c1-17-16(20)11-14-5-3-4-6-15(14)18-12-13-7-9-19(2)10-8-13/h3-6,13,18H,7-12H2,1-2H3,(H,17,20). The molecule has 1 aliphatic heterocycles. The summed E-state index contributed by atoms with van der Waals surface area (Å²) in [6, 6.07) is 8.09. The number of likely N-dealkylation sites (N-methyl/N-ethyl adjacent to an activating group) is 1. The zero-order valence-electron chi connectivity index (χ0n) is 12.5. The quantitative estimate of drug-likeness (QED) is 0.860. The maximum absolute atomic E-state index is 11.5. The Morgan fingerprint density at radius 2 is 2.00 bits per heavy atom. The summed E-state index contributed by atoms with van der Waals surface area (Å²) in [7, 11) is 3.86. The first kappa shape index (κ1) is 14.9. The van der Waals surface area contributed by atoms with E-state index in [0.29, 0.717) is 6.42 Å². The highest BCUT2D eigenvalue weighted by Crippen LogP contribution is 2.20. The van der Waals surface area contributed by atoms with Crippen molar-refractivity contribution >= 4 is 11.6 Å². The Morgan fingerprint density at radius 3 is 2.70 bits per heavy atom. The van der Waals surface area contributed by atoms with Gasteiger partial charge >= 0.3 is 0 Å². The van der Waals surface area contributed by atoms with Gasteiger partial charge in [-0.05, 0) is 50.5 Å². The van der Waals surface area contributed by atoms with Crippen molar-refractivity contribution < 1.29 is 4.79 Å². The van der Waals surface area contributed by atoms with Gasteiger partial charge in [-0.15, -0.1) is 0 Å². The second-order valence-electron chi connectivity index (χ2n) is 5.63. The zero-order chi connectivity index (χ0) is 14.4. The van der Waals surface area contributed by atoms with Crippen LogP contribution in [0.15, 0.2) is 24.3 Å². The van der Waals surface area contributed by atoms with E-state index in [0.717, 1.165) is 23.7 Å². The van der Waals surface area contributed by atoms with Crippen LogP contribution in [0.25, 0.3) is 0 Å². The topological polar surface area (TPSA) is 44.4 Å². The van der Waals surface area contributed by atoms with Crippen LogP contribution in [0.2, 0.25) is 0 Å². The zero-order valence-corrected chi connectivity index (χ0v) is 12.5. The number of nitrogens with one attached hydrogen (secondary N) is 2. The minimum Gasteiger partial charge on any atom is -0.385 e. The van der Waals surface area contributed by atoms with Crippen LogP contribution >= 0.6 is 0 Å². The minimum absolute atomic E-state index is 0.0542. The van der Waals surface area contributed by atoms with Crippen molar-refractivity contribution in [1.29, 1.82) is 0 Å². The second-order valence-corrected chi connectivity index (χ2v) is 5.63. The maximum Gasteiger partial charge on any atom is 0.224 e. The fraction of sp³-hybridized carbons (Fsp3) is 0.562. The van der Waals surface area contributed by atoms with E-state index in [1.54, 1.807) is 7.05 Å². The van der Waals surface area contributed by atoms with Crippen molar-refractivity contribution in [2.45, 2.75) is 19.3 Å². The van der Waals surface area contributed by atoms with Gasteiger partial charge in [-0.1, -0.05) is 18.2 Å². The van der Waals surface area contributed by atoms with Gasteiger partial charge in [0.1, 0.15) is 0 Å². The number of carbonyl (C=O) groups is 1. The fourth-order valence-corrected chi connectivity index (χ4v) is 2.63. The van der Waals surface area contributed by atoms with Crippen LogP contribution in [0.4, 0.5) is 5.69 Å². The molecule has 110 valence electrons. The number of benzene rings is 1. The van der Waals surface area contributed by atoms with Gasteiger partial charge in [0, 0.05) is 19.3 Å². The molecule has 1 amide bonds. The molecular formula is C16H25N3O. The third-order valence-corrected chi connectivity index (χ3v) is 4.07. The number of amides is 1. The molecule has 1 fully saturated rings. The van der Waals surface area contributed by atoms with Crippen molar-refractivity contribution in [3.63, 3.8) is 0 Å². The lowest BCUT2D eigenvalue weighted by Gasteiger charge is -2.29. The summed E-state index contributed by atoms with van der Waals surface area (Å²) in [6.07, 6.45) is 2.94. The molecule has 1 heterocycles. The third kappa shape index (κ3) is 4.23. The van der Waals surface area contributed by atoms with E-state index in [1.165, 1.54) is 25.9 Å². The van der Waals surface area contributed by atoms with Crippen LogP contribution in [0.1, 0.15) is 18.4 Å². The molecule has 20 heavy (non-hydrogen) atoms. The smallest absolute Gasteiger partial charge is 0.224 e. The van der Waals surface area contributed by atoms with Crippen molar-refractivity contribution in [3.8, 4) is 0 Å². The molecule has 1 aliphatic rings. The highest BCUT2D eigenvalue weighted by atomic mass is 16.1. The first-order valence-electron chi connectivity index (χ1n) is 7.40. The number of carbonyl (C=O) groups excluding carboxylic acids is 1. The van der Waals surface area contributed by atoms with Crippen LogP contribution in [0.5, 0.6) is 0 Å². The molecule has 0 aliphatic carbocycles.